The number of ketones is 1. The number of piperazine rings is 1. The third-order valence-electron chi connectivity index (χ3n) is 4.03. The van der Waals surface area contributed by atoms with E-state index in [4.69, 9.17) is 0 Å². The minimum Gasteiger partial charge on any atom is -0.304 e. The Bertz CT molecular complexity index is 470. The molecule has 2 rings (SSSR count). The molecular formula is C15H27N5O. The van der Waals surface area contributed by atoms with E-state index >= 15 is 0 Å². The van der Waals surface area contributed by atoms with Crippen LogP contribution < -0.4 is 0 Å². The van der Waals surface area contributed by atoms with Gasteiger partial charge in [0.05, 0.1) is 6.42 Å². The molecule has 0 bridgehead atoms. The Morgan fingerprint density at radius 3 is 2.86 bits per heavy atom. The molecule has 0 amide bonds. The first-order valence-corrected chi connectivity index (χ1v) is 7.73. The van der Waals surface area contributed by atoms with Gasteiger partial charge in [-0.25, -0.2) is 9.67 Å². The highest BCUT2D eigenvalue weighted by atomic mass is 16.1. The molecule has 6 heteroatoms. The monoisotopic (exact) mass is 293 g/mol. The highest BCUT2D eigenvalue weighted by Gasteiger charge is 2.25. The fraction of sp³-hybridized carbons (Fsp3) is 0.800. The summed E-state index contributed by atoms with van der Waals surface area (Å²) in [6, 6.07) is 0.317. The molecule has 1 aliphatic heterocycles. The lowest BCUT2D eigenvalue weighted by atomic mass is 10.0. The summed E-state index contributed by atoms with van der Waals surface area (Å²) in [6.45, 7) is 8.15. The Morgan fingerprint density at radius 1 is 1.38 bits per heavy atom. The molecule has 1 atom stereocenters. The molecular weight excluding hydrogens is 266 g/mol. The zero-order chi connectivity index (χ0) is 15.4. The Balaban J connectivity index is 1.91. The van der Waals surface area contributed by atoms with Crippen LogP contribution in [0.4, 0.5) is 0 Å². The molecule has 2 heterocycles. The SMILES string of the molecule is CC(C)Cn1ncnc1CC(=O)CC1CN(C)CCN1C. The molecule has 0 aliphatic carbocycles. The number of Topliss-reactive ketones (excluding diaryl/α,β-unsaturated/α-hetero) is 1. The molecule has 118 valence electrons. The molecule has 21 heavy (non-hydrogen) atoms. The van der Waals surface area contributed by atoms with Gasteiger partial charge in [0, 0.05) is 38.6 Å². The average Bonchev–Trinajstić information content (AvgIpc) is 2.80. The molecule has 0 aromatic carbocycles. The van der Waals surface area contributed by atoms with Crippen molar-refractivity contribution in [3.63, 3.8) is 0 Å². The molecule has 1 aromatic heterocycles. The Hall–Kier alpha value is -1.27. The first-order valence-electron chi connectivity index (χ1n) is 7.73. The van der Waals surface area contributed by atoms with E-state index in [2.05, 4.69) is 47.8 Å². The lowest BCUT2D eigenvalue weighted by Gasteiger charge is -2.37. The summed E-state index contributed by atoms with van der Waals surface area (Å²) in [5.41, 5.74) is 0. The summed E-state index contributed by atoms with van der Waals surface area (Å²) in [4.78, 5) is 21.2. The van der Waals surface area contributed by atoms with E-state index in [0.717, 1.165) is 32.0 Å². The van der Waals surface area contributed by atoms with Crippen molar-refractivity contribution in [2.24, 2.45) is 5.92 Å². The fourth-order valence-electron chi connectivity index (χ4n) is 2.76. The van der Waals surface area contributed by atoms with Crippen molar-refractivity contribution in [2.45, 2.75) is 39.3 Å². The van der Waals surface area contributed by atoms with Crippen LogP contribution in [0, 0.1) is 5.92 Å². The van der Waals surface area contributed by atoms with Crippen LogP contribution in [-0.4, -0.2) is 70.1 Å². The average molecular weight is 293 g/mol. The van der Waals surface area contributed by atoms with E-state index in [9.17, 15) is 4.79 Å². The van der Waals surface area contributed by atoms with E-state index in [1.165, 1.54) is 0 Å². The van der Waals surface area contributed by atoms with Crippen LogP contribution >= 0.6 is 0 Å². The smallest absolute Gasteiger partial charge is 0.142 e. The third-order valence-corrected chi connectivity index (χ3v) is 4.03. The zero-order valence-corrected chi connectivity index (χ0v) is 13.6. The van der Waals surface area contributed by atoms with Gasteiger partial charge in [0.15, 0.2) is 0 Å². The first kappa shape index (κ1) is 16.1. The van der Waals surface area contributed by atoms with Gasteiger partial charge in [-0.15, -0.1) is 0 Å². The zero-order valence-electron chi connectivity index (χ0n) is 13.6. The number of likely N-dealkylation sites (N-methyl/N-ethyl adjacent to an activating group) is 2. The van der Waals surface area contributed by atoms with Crippen molar-refractivity contribution in [1.29, 1.82) is 0 Å². The normalized spacial score (nSPS) is 21.1. The van der Waals surface area contributed by atoms with E-state index in [1.54, 1.807) is 6.33 Å². The van der Waals surface area contributed by atoms with Crippen molar-refractivity contribution in [3.05, 3.63) is 12.2 Å². The molecule has 1 fully saturated rings. The van der Waals surface area contributed by atoms with Crippen molar-refractivity contribution in [2.75, 3.05) is 33.7 Å². The summed E-state index contributed by atoms with van der Waals surface area (Å²) in [5.74, 6) is 1.54. The van der Waals surface area contributed by atoms with Crippen LogP contribution in [0.3, 0.4) is 0 Å². The summed E-state index contributed by atoms with van der Waals surface area (Å²) < 4.78 is 1.86. The lowest BCUT2D eigenvalue weighted by molar-refractivity contribution is -0.120. The lowest BCUT2D eigenvalue weighted by Crippen LogP contribution is -2.50. The van der Waals surface area contributed by atoms with Gasteiger partial charge in [-0.3, -0.25) is 4.79 Å². The Kier molecular flexibility index (Phi) is 5.47. The number of nitrogens with zero attached hydrogens (tertiary/aromatic N) is 5. The van der Waals surface area contributed by atoms with Gasteiger partial charge in [-0.05, 0) is 20.0 Å². The Morgan fingerprint density at radius 2 is 2.14 bits per heavy atom. The second kappa shape index (κ2) is 7.13. The van der Waals surface area contributed by atoms with Gasteiger partial charge >= 0.3 is 0 Å². The van der Waals surface area contributed by atoms with Gasteiger partial charge in [0.1, 0.15) is 17.9 Å². The third kappa shape index (κ3) is 4.61. The maximum absolute atomic E-state index is 12.3. The fourth-order valence-corrected chi connectivity index (χ4v) is 2.76. The highest BCUT2D eigenvalue weighted by molar-refractivity contribution is 5.80. The van der Waals surface area contributed by atoms with Crippen LogP contribution in [0.1, 0.15) is 26.1 Å². The second-order valence-corrected chi connectivity index (χ2v) is 6.57. The molecule has 0 spiro atoms. The molecule has 1 aromatic rings. The Labute approximate surface area is 127 Å². The van der Waals surface area contributed by atoms with Gasteiger partial charge in [-0.1, -0.05) is 13.8 Å². The predicted molar refractivity (Wildman–Crippen MR) is 82.1 cm³/mol. The number of hydrogen-bond acceptors (Lipinski definition) is 5. The largest absolute Gasteiger partial charge is 0.304 e. The van der Waals surface area contributed by atoms with Crippen LogP contribution in [0.15, 0.2) is 6.33 Å². The molecule has 1 aliphatic rings. The topological polar surface area (TPSA) is 54.3 Å². The predicted octanol–water partition coefficient (Wildman–Crippen LogP) is 0.682. The number of rotatable bonds is 6. The minimum atomic E-state index is 0.250. The van der Waals surface area contributed by atoms with Crippen LogP contribution in [-0.2, 0) is 17.8 Å². The van der Waals surface area contributed by atoms with E-state index in [0.29, 0.717) is 24.8 Å². The van der Waals surface area contributed by atoms with Crippen molar-refractivity contribution >= 4 is 5.78 Å². The van der Waals surface area contributed by atoms with Crippen molar-refractivity contribution in [1.82, 2.24) is 24.6 Å². The van der Waals surface area contributed by atoms with Gasteiger partial charge in [0.25, 0.3) is 0 Å². The van der Waals surface area contributed by atoms with E-state index in [1.807, 2.05) is 4.68 Å². The molecule has 1 unspecified atom stereocenters. The van der Waals surface area contributed by atoms with E-state index in [-0.39, 0.29) is 5.78 Å². The maximum atomic E-state index is 12.3. The van der Waals surface area contributed by atoms with Gasteiger partial charge in [0.2, 0.25) is 0 Å². The maximum Gasteiger partial charge on any atom is 0.142 e. The quantitative estimate of drug-likeness (QED) is 0.772. The standard InChI is InChI=1S/C15H27N5O/c1-12(2)9-20-15(16-11-17-20)8-14(21)7-13-10-18(3)5-6-19(13)4/h11-13H,5-10H2,1-4H3. The second-order valence-electron chi connectivity index (χ2n) is 6.57. The molecule has 1 saturated heterocycles. The highest BCUT2D eigenvalue weighted by Crippen LogP contribution is 2.12. The summed E-state index contributed by atoms with van der Waals surface area (Å²) in [5, 5.41) is 4.22. The number of carbonyl (C=O) groups is 1. The van der Waals surface area contributed by atoms with Gasteiger partial charge < -0.3 is 9.80 Å². The summed E-state index contributed by atoms with van der Waals surface area (Å²) >= 11 is 0. The van der Waals surface area contributed by atoms with E-state index < -0.39 is 0 Å². The summed E-state index contributed by atoms with van der Waals surface area (Å²) in [6.07, 6.45) is 2.53. The van der Waals surface area contributed by atoms with Crippen LogP contribution in [0.25, 0.3) is 0 Å². The van der Waals surface area contributed by atoms with Crippen molar-refractivity contribution < 1.29 is 4.79 Å². The summed E-state index contributed by atoms with van der Waals surface area (Å²) in [7, 11) is 4.22. The number of aromatic nitrogens is 3. The van der Waals surface area contributed by atoms with Crippen LogP contribution in [0.5, 0.6) is 0 Å². The minimum absolute atomic E-state index is 0.250. The first-order chi connectivity index (χ1) is 9.95. The number of carbonyl (C=O) groups excluding carboxylic acids is 1. The molecule has 0 radical (unpaired) electrons. The molecule has 6 nitrogen and oxygen atoms in total. The van der Waals surface area contributed by atoms with Crippen LogP contribution in [0.2, 0.25) is 0 Å². The molecule has 0 saturated carbocycles. The van der Waals surface area contributed by atoms with Gasteiger partial charge in [-0.2, -0.15) is 5.10 Å². The van der Waals surface area contributed by atoms with Crippen molar-refractivity contribution in [3.8, 4) is 0 Å². The molecule has 0 N–H and O–H groups in total. The number of hydrogen-bond donors (Lipinski definition) is 0.